The molecule has 2 heterocycles. The summed E-state index contributed by atoms with van der Waals surface area (Å²) in [5.74, 6) is 0.00248. The highest BCUT2D eigenvalue weighted by atomic mass is 32.1. The lowest BCUT2D eigenvalue weighted by Crippen LogP contribution is -2.33. The molecule has 2 N–H and O–H groups in total. The summed E-state index contributed by atoms with van der Waals surface area (Å²) < 4.78 is 0. The first-order valence-corrected chi connectivity index (χ1v) is 8.01. The first-order chi connectivity index (χ1) is 10.3. The highest BCUT2D eigenvalue weighted by molar-refractivity contribution is 7.09. The number of thiazole rings is 1. The average Bonchev–Trinajstić information content (AvgIpc) is 3.25. The van der Waals surface area contributed by atoms with Crippen LogP contribution in [0.15, 0.2) is 29.8 Å². The van der Waals surface area contributed by atoms with Crippen molar-refractivity contribution in [3.05, 3.63) is 46.2 Å². The molecule has 1 saturated carbocycles. The van der Waals surface area contributed by atoms with E-state index in [0.29, 0.717) is 24.8 Å². The zero-order valence-corrected chi connectivity index (χ0v) is 12.6. The molecule has 6 heteroatoms. The van der Waals surface area contributed by atoms with Crippen molar-refractivity contribution in [3.8, 4) is 0 Å². The van der Waals surface area contributed by atoms with E-state index in [1.165, 1.54) is 11.3 Å². The van der Waals surface area contributed by atoms with E-state index in [4.69, 9.17) is 5.73 Å². The molecule has 5 nitrogen and oxygen atoms in total. The molecule has 2 aromatic heterocycles. The van der Waals surface area contributed by atoms with Gasteiger partial charge in [0.1, 0.15) is 5.69 Å². The zero-order chi connectivity index (χ0) is 14.7. The second-order valence-corrected chi connectivity index (χ2v) is 6.09. The maximum absolute atomic E-state index is 12.7. The summed E-state index contributed by atoms with van der Waals surface area (Å²) >= 11 is 1.50. The van der Waals surface area contributed by atoms with Gasteiger partial charge in [0, 0.05) is 24.0 Å². The molecule has 3 rings (SSSR count). The Morgan fingerprint density at radius 1 is 1.43 bits per heavy atom. The van der Waals surface area contributed by atoms with Gasteiger partial charge in [-0.25, -0.2) is 4.98 Å². The highest BCUT2D eigenvalue weighted by Gasteiger charge is 2.34. The molecular weight excluding hydrogens is 284 g/mol. The SMILES string of the molecule is NCCc1nc(C(=O)N(Cc2ccccn2)C2CC2)cs1. The Hall–Kier alpha value is -1.79. The molecule has 0 spiro atoms. The van der Waals surface area contributed by atoms with Gasteiger partial charge in [-0.1, -0.05) is 6.07 Å². The lowest BCUT2D eigenvalue weighted by molar-refractivity contribution is 0.0722. The fraction of sp³-hybridized carbons (Fsp3) is 0.400. The van der Waals surface area contributed by atoms with E-state index in [0.717, 1.165) is 30.0 Å². The van der Waals surface area contributed by atoms with Crippen molar-refractivity contribution in [2.45, 2.75) is 31.8 Å². The number of pyridine rings is 1. The van der Waals surface area contributed by atoms with Crippen LogP contribution in [-0.2, 0) is 13.0 Å². The number of nitrogens with two attached hydrogens (primary N) is 1. The standard InChI is InChI=1S/C15H18N4OS/c16-7-6-14-18-13(10-21-14)15(20)19(12-4-5-12)9-11-3-1-2-8-17-11/h1-3,8,10,12H,4-7,9,16H2. The van der Waals surface area contributed by atoms with Gasteiger partial charge in [-0.3, -0.25) is 9.78 Å². The largest absolute Gasteiger partial charge is 0.330 e. The van der Waals surface area contributed by atoms with Crippen LogP contribution in [0.5, 0.6) is 0 Å². The van der Waals surface area contributed by atoms with Crippen LogP contribution >= 0.6 is 11.3 Å². The van der Waals surface area contributed by atoms with E-state index in [2.05, 4.69) is 9.97 Å². The van der Waals surface area contributed by atoms with Gasteiger partial charge in [0.2, 0.25) is 0 Å². The molecule has 2 aromatic rings. The number of hydrogen-bond donors (Lipinski definition) is 1. The summed E-state index contributed by atoms with van der Waals surface area (Å²) in [7, 11) is 0. The van der Waals surface area contributed by atoms with Crippen LogP contribution in [-0.4, -0.2) is 33.4 Å². The minimum absolute atomic E-state index is 0.00248. The molecule has 0 unspecified atom stereocenters. The second kappa shape index (κ2) is 6.32. The Kier molecular flexibility index (Phi) is 4.26. The molecule has 0 aromatic carbocycles. The van der Waals surface area contributed by atoms with E-state index in [-0.39, 0.29) is 5.91 Å². The van der Waals surface area contributed by atoms with Crippen LogP contribution in [0.25, 0.3) is 0 Å². The van der Waals surface area contributed by atoms with Gasteiger partial charge in [0.05, 0.1) is 17.2 Å². The normalized spacial score (nSPS) is 14.1. The number of rotatable bonds is 6. The van der Waals surface area contributed by atoms with Crippen molar-refractivity contribution in [2.75, 3.05) is 6.54 Å². The van der Waals surface area contributed by atoms with Crippen molar-refractivity contribution in [1.29, 1.82) is 0 Å². The molecular formula is C15H18N4OS. The van der Waals surface area contributed by atoms with Gasteiger partial charge in [0.15, 0.2) is 0 Å². The molecule has 0 saturated heterocycles. The van der Waals surface area contributed by atoms with Gasteiger partial charge >= 0.3 is 0 Å². The van der Waals surface area contributed by atoms with Crippen LogP contribution in [0.1, 0.15) is 34.0 Å². The fourth-order valence-electron chi connectivity index (χ4n) is 2.21. The number of nitrogens with zero attached hydrogens (tertiary/aromatic N) is 3. The van der Waals surface area contributed by atoms with Gasteiger partial charge in [-0.05, 0) is 31.5 Å². The summed E-state index contributed by atoms with van der Waals surface area (Å²) in [6.07, 6.45) is 4.62. The third-order valence-corrected chi connectivity index (χ3v) is 4.34. The molecule has 21 heavy (non-hydrogen) atoms. The van der Waals surface area contributed by atoms with Crippen molar-refractivity contribution in [2.24, 2.45) is 5.73 Å². The van der Waals surface area contributed by atoms with Crippen molar-refractivity contribution >= 4 is 17.2 Å². The van der Waals surface area contributed by atoms with Crippen LogP contribution < -0.4 is 5.73 Å². The highest BCUT2D eigenvalue weighted by Crippen LogP contribution is 2.29. The molecule has 1 fully saturated rings. The van der Waals surface area contributed by atoms with Gasteiger partial charge in [0.25, 0.3) is 5.91 Å². The summed E-state index contributed by atoms with van der Waals surface area (Å²) in [6, 6.07) is 6.11. The van der Waals surface area contributed by atoms with Gasteiger partial charge in [-0.2, -0.15) is 0 Å². The van der Waals surface area contributed by atoms with Crippen LogP contribution in [0, 0.1) is 0 Å². The molecule has 0 atom stereocenters. The van der Waals surface area contributed by atoms with Crippen LogP contribution in [0.2, 0.25) is 0 Å². The lowest BCUT2D eigenvalue weighted by atomic mass is 10.3. The van der Waals surface area contributed by atoms with E-state index in [9.17, 15) is 4.79 Å². The topological polar surface area (TPSA) is 72.1 Å². The minimum Gasteiger partial charge on any atom is -0.330 e. The Bertz CT molecular complexity index is 609. The molecule has 1 aliphatic carbocycles. The Morgan fingerprint density at radius 3 is 2.95 bits per heavy atom. The van der Waals surface area contributed by atoms with Crippen LogP contribution in [0.3, 0.4) is 0 Å². The molecule has 110 valence electrons. The Morgan fingerprint density at radius 2 is 2.29 bits per heavy atom. The number of hydrogen-bond acceptors (Lipinski definition) is 5. The lowest BCUT2D eigenvalue weighted by Gasteiger charge is -2.21. The van der Waals surface area contributed by atoms with Crippen molar-refractivity contribution < 1.29 is 4.79 Å². The number of carbonyl (C=O) groups excluding carboxylic acids is 1. The predicted octanol–water partition coefficient (Wildman–Crippen LogP) is 1.84. The maximum atomic E-state index is 12.7. The Balaban J connectivity index is 1.75. The molecule has 0 radical (unpaired) electrons. The second-order valence-electron chi connectivity index (χ2n) is 5.15. The molecule has 1 aliphatic rings. The zero-order valence-electron chi connectivity index (χ0n) is 11.7. The predicted molar refractivity (Wildman–Crippen MR) is 82.0 cm³/mol. The first kappa shape index (κ1) is 14.2. The summed E-state index contributed by atoms with van der Waals surface area (Å²) in [4.78, 5) is 23.3. The maximum Gasteiger partial charge on any atom is 0.273 e. The van der Waals surface area contributed by atoms with Gasteiger partial charge < -0.3 is 10.6 Å². The number of aromatic nitrogens is 2. The Labute approximate surface area is 127 Å². The van der Waals surface area contributed by atoms with Gasteiger partial charge in [-0.15, -0.1) is 11.3 Å². The van der Waals surface area contributed by atoms with Crippen molar-refractivity contribution in [3.63, 3.8) is 0 Å². The molecule has 0 aliphatic heterocycles. The van der Waals surface area contributed by atoms with E-state index < -0.39 is 0 Å². The number of amides is 1. The smallest absolute Gasteiger partial charge is 0.273 e. The van der Waals surface area contributed by atoms with E-state index in [1.54, 1.807) is 6.20 Å². The summed E-state index contributed by atoms with van der Waals surface area (Å²) in [6.45, 7) is 1.11. The van der Waals surface area contributed by atoms with Crippen molar-refractivity contribution in [1.82, 2.24) is 14.9 Å². The summed E-state index contributed by atoms with van der Waals surface area (Å²) in [5, 5.41) is 2.76. The first-order valence-electron chi connectivity index (χ1n) is 7.13. The van der Waals surface area contributed by atoms with E-state index in [1.807, 2.05) is 28.5 Å². The minimum atomic E-state index is 0.00248. The molecule has 0 bridgehead atoms. The average molecular weight is 302 g/mol. The van der Waals surface area contributed by atoms with Crippen LogP contribution in [0.4, 0.5) is 0 Å². The third kappa shape index (κ3) is 3.46. The summed E-state index contributed by atoms with van der Waals surface area (Å²) in [5.41, 5.74) is 6.97. The quantitative estimate of drug-likeness (QED) is 0.884. The molecule has 1 amide bonds. The third-order valence-electron chi connectivity index (χ3n) is 3.44. The van der Waals surface area contributed by atoms with E-state index >= 15 is 0 Å². The fourth-order valence-corrected chi connectivity index (χ4v) is 3.00. The monoisotopic (exact) mass is 302 g/mol. The number of carbonyl (C=O) groups is 1.